The Bertz CT molecular complexity index is 327. The highest BCUT2D eigenvalue weighted by Gasteiger charge is 2.07. The van der Waals surface area contributed by atoms with Gasteiger partial charge in [-0.05, 0) is 31.9 Å². The van der Waals surface area contributed by atoms with Gasteiger partial charge in [-0.3, -0.25) is 0 Å². The smallest absolute Gasteiger partial charge is 0.407 e. The Morgan fingerprint density at radius 1 is 1.41 bits per heavy atom. The molecule has 1 rings (SSSR count). The van der Waals surface area contributed by atoms with Crippen LogP contribution in [0.25, 0.3) is 0 Å². The maximum absolute atomic E-state index is 11.4. The minimum Gasteiger partial charge on any atom is -0.445 e. The predicted octanol–water partition coefficient (Wildman–Crippen LogP) is 2.04. The van der Waals surface area contributed by atoms with E-state index in [0.717, 1.165) is 18.4 Å². The van der Waals surface area contributed by atoms with Crippen molar-refractivity contribution in [3.05, 3.63) is 35.9 Å². The number of carbonyl (C=O) groups excluding carboxylic acids is 1. The van der Waals surface area contributed by atoms with Crippen LogP contribution in [-0.2, 0) is 11.3 Å². The summed E-state index contributed by atoms with van der Waals surface area (Å²) < 4.78 is 5.10. The summed E-state index contributed by atoms with van der Waals surface area (Å²) in [5.41, 5.74) is 6.38. The predicted molar refractivity (Wildman–Crippen MR) is 67.5 cm³/mol. The highest BCUT2D eigenvalue weighted by atomic mass is 16.5. The Balaban J connectivity index is 2.21. The Labute approximate surface area is 102 Å². The van der Waals surface area contributed by atoms with Crippen molar-refractivity contribution in [1.29, 1.82) is 0 Å². The summed E-state index contributed by atoms with van der Waals surface area (Å²) in [6, 6.07) is 9.71. The third kappa shape index (κ3) is 5.92. The first kappa shape index (κ1) is 13.5. The summed E-state index contributed by atoms with van der Waals surface area (Å²) in [4.78, 5) is 11.4. The van der Waals surface area contributed by atoms with E-state index in [-0.39, 0.29) is 12.1 Å². The van der Waals surface area contributed by atoms with Crippen molar-refractivity contribution in [2.24, 2.45) is 5.73 Å². The Morgan fingerprint density at radius 3 is 2.76 bits per heavy atom. The van der Waals surface area contributed by atoms with Gasteiger partial charge in [0.05, 0.1) is 0 Å². The van der Waals surface area contributed by atoms with E-state index in [9.17, 15) is 4.79 Å². The molecular weight excluding hydrogens is 216 g/mol. The molecular formula is C13H20N2O2. The number of rotatable bonds is 6. The van der Waals surface area contributed by atoms with Gasteiger partial charge in [-0.1, -0.05) is 30.3 Å². The summed E-state index contributed by atoms with van der Waals surface area (Å²) in [5.74, 6) is 0. The SMILES string of the molecule is CC(CCCN)NC(=O)OCc1ccccc1. The summed E-state index contributed by atoms with van der Waals surface area (Å²) in [6.07, 6.45) is 1.40. The maximum atomic E-state index is 11.4. The minimum absolute atomic E-state index is 0.0989. The number of alkyl carbamates (subject to hydrolysis) is 1. The molecule has 0 fully saturated rings. The van der Waals surface area contributed by atoms with E-state index >= 15 is 0 Å². The van der Waals surface area contributed by atoms with E-state index in [1.54, 1.807) is 0 Å². The molecule has 0 aliphatic heterocycles. The van der Waals surface area contributed by atoms with Gasteiger partial charge in [-0.2, -0.15) is 0 Å². The lowest BCUT2D eigenvalue weighted by Gasteiger charge is -2.13. The molecule has 0 spiro atoms. The molecule has 1 atom stereocenters. The molecule has 4 nitrogen and oxygen atoms in total. The van der Waals surface area contributed by atoms with Crippen LogP contribution in [0.1, 0.15) is 25.3 Å². The Kier molecular flexibility index (Phi) is 6.10. The molecule has 0 radical (unpaired) electrons. The number of benzene rings is 1. The Morgan fingerprint density at radius 2 is 2.12 bits per heavy atom. The van der Waals surface area contributed by atoms with Crippen LogP contribution < -0.4 is 11.1 Å². The molecule has 17 heavy (non-hydrogen) atoms. The zero-order chi connectivity index (χ0) is 12.5. The van der Waals surface area contributed by atoms with Crippen molar-refractivity contribution in [3.8, 4) is 0 Å². The van der Waals surface area contributed by atoms with Gasteiger partial charge >= 0.3 is 6.09 Å². The molecule has 1 aromatic carbocycles. The molecule has 0 heterocycles. The third-order valence-electron chi connectivity index (χ3n) is 2.42. The summed E-state index contributed by atoms with van der Waals surface area (Å²) >= 11 is 0. The van der Waals surface area contributed by atoms with E-state index in [1.807, 2.05) is 37.3 Å². The molecule has 1 amide bonds. The average Bonchev–Trinajstić information content (AvgIpc) is 2.35. The molecule has 4 heteroatoms. The lowest BCUT2D eigenvalue weighted by atomic mass is 10.2. The first-order chi connectivity index (χ1) is 8.22. The van der Waals surface area contributed by atoms with Gasteiger partial charge in [0.1, 0.15) is 6.61 Å². The monoisotopic (exact) mass is 236 g/mol. The third-order valence-corrected chi connectivity index (χ3v) is 2.42. The van der Waals surface area contributed by atoms with Gasteiger partial charge in [0, 0.05) is 6.04 Å². The number of nitrogens with two attached hydrogens (primary N) is 1. The van der Waals surface area contributed by atoms with Crippen molar-refractivity contribution in [2.75, 3.05) is 6.54 Å². The fourth-order valence-electron chi connectivity index (χ4n) is 1.46. The van der Waals surface area contributed by atoms with Crippen LogP contribution in [0.2, 0.25) is 0 Å². The van der Waals surface area contributed by atoms with Crippen LogP contribution in [0.5, 0.6) is 0 Å². The number of nitrogens with one attached hydrogen (secondary N) is 1. The van der Waals surface area contributed by atoms with Crippen molar-refractivity contribution in [3.63, 3.8) is 0 Å². The summed E-state index contributed by atoms with van der Waals surface area (Å²) in [5, 5.41) is 2.77. The lowest BCUT2D eigenvalue weighted by molar-refractivity contribution is 0.136. The van der Waals surface area contributed by atoms with Crippen molar-refractivity contribution in [2.45, 2.75) is 32.4 Å². The zero-order valence-corrected chi connectivity index (χ0v) is 10.2. The van der Waals surface area contributed by atoms with Crippen molar-refractivity contribution >= 4 is 6.09 Å². The fourth-order valence-corrected chi connectivity index (χ4v) is 1.46. The van der Waals surface area contributed by atoms with Crippen molar-refractivity contribution < 1.29 is 9.53 Å². The normalized spacial score (nSPS) is 11.9. The first-order valence-corrected chi connectivity index (χ1v) is 5.89. The second-order valence-electron chi connectivity index (χ2n) is 4.04. The van der Waals surface area contributed by atoms with Crippen LogP contribution >= 0.6 is 0 Å². The fraction of sp³-hybridized carbons (Fsp3) is 0.462. The van der Waals surface area contributed by atoms with Crippen LogP contribution in [0.4, 0.5) is 4.79 Å². The minimum atomic E-state index is -0.377. The van der Waals surface area contributed by atoms with E-state index in [0.29, 0.717) is 13.2 Å². The van der Waals surface area contributed by atoms with E-state index in [1.165, 1.54) is 0 Å². The van der Waals surface area contributed by atoms with E-state index in [2.05, 4.69) is 5.32 Å². The molecule has 94 valence electrons. The molecule has 1 unspecified atom stereocenters. The quantitative estimate of drug-likeness (QED) is 0.794. The first-order valence-electron chi connectivity index (χ1n) is 5.89. The summed E-state index contributed by atoms with van der Waals surface area (Å²) in [7, 11) is 0. The standard InChI is InChI=1S/C13H20N2O2/c1-11(6-5-9-14)15-13(16)17-10-12-7-3-2-4-8-12/h2-4,7-8,11H,5-6,9-10,14H2,1H3,(H,15,16). The highest BCUT2D eigenvalue weighted by Crippen LogP contribution is 2.01. The molecule has 0 saturated carbocycles. The van der Waals surface area contributed by atoms with Crippen molar-refractivity contribution in [1.82, 2.24) is 5.32 Å². The number of carbonyl (C=O) groups is 1. The van der Waals surface area contributed by atoms with Crippen LogP contribution in [0.15, 0.2) is 30.3 Å². The molecule has 3 N–H and O–H groups in total. The second kappa shape index (κ2) is 7.68. The highest BCUT2D eigenvalue weighted by molar-refractivity contribution is 5.67. The molecule has 0 aromatic heterocycles. The number of hydrogen-bond donors (Lipinski definition) is 2. The Hall–Kier alpha value is -1.55. The number of ether oxygens (including phenoxy) is 1. The van der Waals surface area contributed by atoms with E-state index < -0.39 is 0 Å². The molecule has 0 saturated heterocycles. The van der Waals surface area contributed by atoms with Gasteiger partial charge in [0.15, 0.2) is 0 Å². The van der Waals surface area contributed by atoms with Gasteiger partial charge in [-0.25, -0.2) is 4.79 Å². The summed E-state index contributed by atoms with van der Waals surface area (Å²) in [6.45, 7) is 2.89. The van der Waals surface area contributed by atoms with Gasteiger partial charge in [0.2, 0.25) is 0 Å². The van der Waals surface area contributed by atoms with Crippen LogP contribution in [0, 0.1) is 0 Å². The maximum Gasteiger partial charge on any atom is 0.407 e. The topological polar surface area (TPSA) is 64.3 Å². The molecule has 0 aliphatic carbocycles. The second-order valence-corrected chi connectivity index (χ2v) is 4.04. The molecule has 1 aromatic rings. The van der Waals surface area contributed by atoms with Gasteiger partial charge < -0.3 is 15.8 Å². The lowest BCUT2D eigenvalue weighted by Crippen LogP contribution is -2.33. The zero-order valence-electron chi connectivity index (χ0n) is 10.2. The number of amides is 1. The molecule has 0 bridgehead atoms. The van der Waals surface area contributed by atoms with Gasteiger partial charge in [0.25, 0.3) is 0 Å². The van der Waals surface area contributed by atoms with Crippen LogP contribution in [0.3, 0.4) is 0 Å². The number of hydrogen-bond acceptors (Lipinski definition) is 3. The van der Waals surface area contributed by atoms with E-state index in [4.69, 9.17) is 10.5 Å². The molecule has 0 aliphatic rings. The average molecular weight is 236 g/mol. The largest absolute Gasteiger partial charge is 0.445 e. The van der Waals surface area contributed by atoms with Crippen LogP contribution in [-0.4, -0.2) is 18.7 Å². The van der Waals surface area contributed by atoms with Gasteiger partial charge in [-0.15, -0.1) is 0 Å².